The first-order valence-electron chi connectivity index (χ1n) is 26.3. The summed E-state index contributed by atoms with van der Waals surface area (Å²) < 4.78 is 45.3. The molecule has 0 radical (unpaired) electrons. The lowest BCUT2D eigenvalue weighted by molar-refractivity contribution is -0.120. The summed E-state index contributed by atoms with van der Waals surface area (Å²) in [5.41, 5.74) is 2.12. The maximum atomic E-state index is 17.2. The van der Waals surface area contributed by atoms with Crippen LogP contribution in [0, 0.1) is 41.7 Å². The fourth-order valence-corrected chi connectivity index (χ4v) is 12.5. The molecule has 8 heterocycles. The van der Waals surface area contributed by atoms with Crippen LogP contribution in [-0.4, -0.2) is 156 Å². The van der Waals surface area contributed by atoms with Gasteiger partial charge in [-0.3, -0.25) is 29.7 Å². The Kier molecular flexibility index (Phi) is 12.6. The van der Waals surface area contributed by atoms with Crippen molar-refractivity contribution < 1.29 is 37.7 Å². The van der Waals surface area contributed by atoms with Crippen LogP contribution in [0.1, 0.15) is 79.3 Å². The number of phenolic OH excluding ortho intramolecular Hbond substituents is 1. The number of terminal acetylenes is 1. The molecule has 3 N–H and O–H groups in total. The van der Waals surface area contributed by atoms with Crippen LogP contribution in [0.3, 0.4) is 0 Å². The van der Waals surface area contributed by atoms with E-state index in [9.17, 15) is 19.5 Å². The molecule has 12 rings (SSSR count). The molecule has 2 bridgehead atoms. The van der Waals surface area contributed by atoms with E-state index < -0.39 is 17.7 Å². The Bertz CT molecular complexity index is 3090. The lowest BCUT2D eigenvalue weighted by Crippen LogP contribution is -2.52. The third-order valence-corrected chi connectivity index (χ3v) is 17.1. The van der Waals surface area contributed by atoms with Crippen molar-refractivity contribution in [1.29, 1.82) is 0 Å². The Hall–Kier alpha value is -6.52. The van der Waals surface area contributed by atoms with E-state index in [1.807, 2.05) is 24.0 Å². The van der Waals surface area contributed by atoms with Gasteiger partial charge in [0.1, 0.15) is 28.6 Å². The third kappa shape index (κ3) is 9.37. The summed E-state index contributed by atoms with van der Waals surface area (Å²) in [7, 11) is 0. The zero-order valence-electron chi connectivity index (χ0n) is 41.8. The molecule has 18 heteroatoms. The standard InChI is InChI=1S/C56H62F2N10O6/c1-3-41-44(57)9-6-35-24-39(69)26-42(47(35)41)49-48(58)50-43(27-59-49)51(67-28-37-7-8-38(29-67)60-37)63-53(62-50)74-33-56(13-14-56)31-65-22-20-64(21-23-65)30-40-10-12-55(32-73-40)15-18-66(19-16-55)52(71)36-5-4-34(2)45(25-36)68-17-11-46(70)61-54(68)72/h1,4-6,9,24-27,37-38,40,60,69H,7-8,10-23,28-33H2,2H3,(H,61,70,72). The molecule has 3 atom stereocenters. The van der Waals surface area contributed by atoms with Gasteiger partial charge in [0, 0.05) is 124 Å². The van der Waals surface area contributed by atoms with Crippen LogP contribution >= 0.6 is 0 Å². The molecule has 7 aliphatic rings. The van der Waals surface area contributed by atoms with Gasteiger partial charge in [-0.1, -0.05) is 18.1 Å². The molecule has 74 heavy (non-hydrogen) atoms. The van der Waals surface area contributed by atoms with E-state index in [0.717, 1.165) is 96.2 Å². The number of rotatable bonds is 11. The number of carbonyl (C=O) groups excluding carboxylic acids is 3. The number of aromatic nitrogens is 3. The number of phenols is 1. The number of urea groups is 1. The average Bonchev–Trinajstić information content (AvgIpc) is 4.09. The number of piperidine rings is 1. The van der Waals surface area contributed by atoms with Gasteiger partial charge in [0.25, 0.3) is 5.91 Å². The number of pyridine rings is 1. The van der Waals surface area contributed by atoms with Gasteiger partial charge in [0.05, 0.1) is 30.3 Å². The number of anilines is 2. The molecular weight excluding hydrogens is 947 g/mol. The first-order valence-corrected chi connectivity index (χ1v) is 26.3. The van der Waals surface area contributed by atoms with Crippen molar-refractivity contribution in [2.24, 2.45) is 10.8 Å². The van der Waals surface area contributed by atoms with E-state index >= 15 is 8.78 Å². The normalized spacial score (nSPS) is 23.9. The van der Waals surface area contributed by atoms with E-state index in [4.69, 9.17) is 25.9 Å². The van der Waals surface area contributed by atoms with Crippen molar-refractivity contribution in [1.82, 2.24) is 40.3 Å². The van der Waals surface area contributed by atoms with Gasteiger partial charge < -0.3 is 34.6 Å². The van der Waals surface area contributed by atoms with Gasteiger partial charge in [-0.25, -0.2) is 13.6 Å². The maximum absolute atomic E-state index is 17.2. The van der Waals surface area contributed by atoms with Crippen LogP contribution in [0.4, 0.5) is 25.1 Å². The van der Waals surface area contributed by atoms with Crippen molar-refractivity contribution in [3.8, 4) is 35.4 Å². The number of carbonyl (C=O) groups is 3. The molecule has 5 aromatic rings. The topological polar surface area (TPSA) is 169 Å². The quantitative estimate of drug-likeness (QED) is 0.125. The number of hydrogen-bond donors (Lipinski definition) is 3. The average molecular weight is 1010 g/mol. The number of fused-ring (bicyclic) bond motifs is 4. The van der Waals surface area contributed by atoms with Crippen LogP contribution in [0.2, 0.25) is 0 Å². The van der Waals surface area contributed by atoms with Crippen molar-refractivity contribution in [2.45, 2.75) is 82.9 Å². The Balaban J connectivity index is 0.657. The van der Waals surface area contributed by atoms with E-state index in [0.29, 0.717) is 79.3 Å². The van der Waals surface area contributed by atoms with Crippen LogP contribution in [0.5, 0.6) is 11.8 Å². The van der Waals surface area contributed by atoms with E-state index in [1.54, 1.807) is 12.3 Å². The summed E-state index contributed by atoms with van der Waals surface area (Å²) in [5.74, 6) is 1.15. The fourth-order valence-electron chi connectivity index (χ4n) is 12.5. The SMILES string of the molecule is C#Cc1c(F)ccc2cc(O)cc(-c3ncc4c(N5CC6CCC(C5)N6)nc(OCC5(CN6CCN(CC7CCC8(CCN(C(=O)c9ccc(C)c(N%10CCC(=O)NC%10=O)c9)CC8)CO7)CC6)CC5)nc4c3F)c12. The van der Waals surface area contributed by atoms with Crippen LogP contribution in [0.25, 0.3) is 32.9 Å². The Morgan fingerprint density at radius 1 is 0.932 bits per heavy atom. The minimum atomic E-state index is -0.734. The zero-order valence-corrected chi connectivity index (χ0v) is 41.8. The molecule has 2 aromatic heterocycles. The molecule has 6 aliphatic heterocycles. The lowest BCUT2D eigenvalue weighted by atomic mass is 9.73. The predicted molar refractivity (Wildman–Crippen MR) is 275 cm³/mol. The largest absolute Gasteiger partial charge is 0.508 e. The molecule has 1 saturated carbocycles. The summed E-state index contributed by atoms with van der Waals surface area (Å²) >= 11 is 0. The van der Waals surface area contributed by atoms with E-state index in [-0.39, 0.29) is 81.2 Å². The highest BCUT2D eigenvalue weighted by Crippen LogP contribution is 2.47. The molecule has 1 spiro atoms. The van der Waals surface area contributed by atoms with E-state index in [2.05, 4.69) is 36.2 Å². The number of imide groups is 1. The number of amides is 4. The molecular formula is C56H62F2N10O6. The number of aryl methyl sites for hydroxylation is 1. The van der Waals surface area contributed by atoms with Gasteiger partial charge in [0.15, 0.2) is 5.82 Å². The highest BCUT2D eigenvalue weighted by Gasteiger charge is 2.46. The first kappa shape index (κ1) is 48.4. The van der Waals surface area contributed by atoms with Gasteiger partial charge in [-0.05, 0) is 105 Å². The first-order chi connectivity index (χ1) is 35.8. The van der Waals surface area contributed by atoms with Crippen molar-refractivity contribution in [3.63, 3.8) is 0 Å². The molecule has 7 fully saturated rings. The number of piperazine rings is 2. The number of likely N-dealkylation sites (tertiary alicyclic amines) is 1. The molecule has 4 amide bonds. The summed E-state index contributed by atoms with van der Waals surface area (Å²) in [6.45, 7) is 11.6. The molecule has 3 unspecified atom stereocenters. The lowest BCUT2D eigenvalue weighted by Gasteiger charge is -2.46. The van der Waals surface area contributed by atoms with Gasteiger partial charge in [-0.15, -0.1) is 6.42 Å². The predicted octanol–water partition coefficient (Wildman–Crippen LogP) is 6.38. The summed E-state index contributed by atoms with van der Waals surface area (Å²) in [4.78, 5) is 63.0. The zero-order chi connectivity index (χ0) is 50.9. The number of aromatic hydroxyl groups is 1. The van der Waals surface area contributed by atoms with Crippen molar-refractivity contribution in [3.05, 3.63) is 77.0 Å². The van der Waals surface area contributed by atoms with Gasteiger partial charge in [0.2, 0.25) is 5.91 Å². The Morgan fingerprint density at radius 3 is 2.42 bits per heavy atom. The second-order valence-electron chi connectivity index (χ2n) is 22.1. The molecule has 1 aliphatic carbocycles. The highest BCUT2D eigenvalue weighted by molar-refractivity contribution is 6.07. The third-order valence-electron chi connectivity index (χ3n) is 17.1. The van der Waals surface area contributed by atoms with E-state index in [1.165, 1.54) is 29.2 Å². The molecule has 6 saturated heterocycles. The van der Waals surface area contributed by atoms with Crippen molar-refractivity contribution >= 4 is 51.0 Å². The highest BCUT2D eigenvalue weighted by atomic mass is 19.1. The minimum Gasteiger partial charge on any atom is -0.508 e. The van der Waals surface area contributed by atoms with Gasteiger partial charge >= 0.3 is 12.0 Å². The second kappa shape index (κ2) is 19.3. The molecule has 386 valence electrons. The number of benzene rings is 3. The Labute approximate surface area is 428 Å². The second-order valence-corrected chi connectivity index (χ2v) is 22.1. The smallest absolute Gasteiger partial charge is 0.328 e. The summed E-state index contributed by atoms with van der Waals surface area (Å²) in [6.07, 6.45) is 15.7. The fraction of sp³-hybridized carbons (Fsp3) is 0.500. The monoisotopic (exact) mass is 1010 g/mol. The number of nitrogens with one attached hydrogen (secondary N) is 2. The maximum Gasteiger partial charge on any atom is 0.328 e. The summed E-state index contributed by atoms with van der Waals surface area (Å²) in [5, 5.41) is 17.9. The minimum absolute atomic E-state index is 0.0355. The molecule has 3 aromatic carbocycles. The number of nitrogens with zero attached hydrogens (tertiary/aromatic N) is 8. The van der Waals surface area contributed by atoms with Crippen LogP contribution in [-0.2, 0) is 9.53 Å². The Morgan fingerprint density at radius 2 is 1.70 bits per heavy atom. The van der Waals surface area contributed by atoms with Crippen LogP contribution in [0.15, 0.2) is 48.7 Å². The van der Waals surface area contributed by atoms with Crippen molar-refractivity contribution in [2.75, 3.05) is 95.0 Å². The van der Waals surface area contributed by atoms with Gasteiger partial charge in [-0.2, -0.15) is 9.97 Å². The number of ether oxygens (including phenoxy) is 2. The van der Waals surface area contributed by atoms with Crippen LogP contribution < -0.4 is 25.2 Å². The number of hydrogen-bond acceptors (Lipinski definition) is 13. The summed E-state index contributed by atoms with van der Waals surface area (Å²) in [6, 6.07) is 11.3. The number of halogens is 2. The molecule has 16 nitrogen and oxygen atoms in total.